The Morgan fingerprint density at radius 2 is 1.95 bits per heavy atom. The molecule has 0 saturated heterocycles. The van der Waals surface area contributed by atoms with E-state index in [-0.39, 0.29) is 17.7 Å². The summed E-state index contributed by atoms with van der Waals surface area (Å²) in [6, 6.07) is 15.9. The number of thiazole rings is 1. The summed E-state index contributed by atoms with van der Waals surface area (Å²) in [5.74, 6) is -0.251. The fraction of sp³-hybridized carbons (Fsp3) is 0.379. The van der Waals surface area contributed by atoms with Crippen molar-refractivity contribution in [2.75, 3.05) is 33.7 Å². The molecule has 1 aliphatic heterocycles. The highest BCUT2D eigenvalue weighted by Crippen LogP contribution is 2.15. The van der Waals surface area contributed by atoms with Crippen molar-refractivity contribution in [3.8, 4) is 0 Å². The van der Waals surface area contributed by atoms with Gasteiger partial charge in [0.25, 0.3) is 11.8 Å². The number of benzene rings is 2. The van der Waals surface area contributed by atoms with Crippen molar-refractivity contribution in [1.82, 2.24) is 25.5 Å². The molecular formula is C29H36N6O3S. The number of aliphatic hydroxyl groups excluding tert-OH is 1. The van der Waals surface area contributed by atoms with Crippen LogP contribution in [0.5, 0.6) is 0 Å². The number of amides is 2. The summed E-state index contributed by atoms with van der Waals surface area (Å²) < 4.78 is 0. The summed E-state index contributed by atoms with van der Waals surface area (Å²) in [7, 11) is 3.65. The molecule has 0 fully saturated rings. The van der Waals surface area contributed by atoms with Gasteiger partial charge in [-0.25, -0.2) is 4.98 Å². The Hall–Kier alpha value is -3.60. The second-order valence-electron chi connectivity index (χ2n) is 9.98. The predicted octanol–water partition coefficient (Wildman–Crippen LogP) is 2.56. The van der Waals surface area contributed by atoms with Crippen LogP contribution in [-0.2, 0) is 13.0 Å². The predicted molar refractivity (Wildman–Crippen MR) is 154 cm³/mol. The number of rotatable bonds is 12. The summed E-state index contributed by atoms with van der Waals surface area (Å²) in [6.07, 6.45) is 1.56. The van der Waals surface area contributed by atoms with Gasteiger partial charge in [-0.05, 0) is 37.1 Å². The Bertz CT molecular complexity index is 1280. The monoisotopic (exact) mass is 548 g/mol. The molecule has 0 spiro atoms. The molecule has 10 heteroatoms. The quantitative estimate of drug-likeness (QED) is 0.321. The SMILES string of the molecule is Cc1csc(CN(C)C(=O)c2cccc(C(=O)N[C@@H](Cc3ccccc3)[C@H](O)CNCC3C=NN(C)C3)c2)n1. The fourth-order valence-corrected chi connectivity index (χ4v) is 5.31. The van der Waals surface area contributed by atoms with Crippen molar-refractivity contribution in [2.24, 2.45) is 11.0 Å². The van der Waals surface area contributed by atoms with Gasteiger partial charge in [-0.3, -0.25) is 14.6 Å². The average Bonchev–Trinajstić information content (AvgIpc) is 3.55. The molecule has 1 aromatic heterocycles. The molecule has 4 rings (SSSR count). The first-order valence-corrected chi connectivity index (χ1v) is 13.9. The highest BCUT2D eigenvalue weighted by atomic mass is 32.1. The molecule has 3 atom stereocenters. The summed E-state index contributed by atoms with van der Waals surface area (Å²) in [6.45, 7) is 4.17. The molecule has 3 aromatic rings. The van der Waals surface area contributed by atoms with Crippen molar-refractivity contribution in [1.29, 1.82) is 0 Å². The summed E-state index contributed by atoms with van der Waals surface area (Å²) in [5.41, 5.74) is 2.72. The first-order valence-electron chi connectivity index (χ1n) is 13.0. The number of nitrogens with zero attached hydrogens (tertiary/aromatic N) is 4. The number of hydrogen-bond acceptors (Lipinski definition) is 8. The van der Waals surface area contributed by atoms with Gasteiger partial charge in [0.2, 0.25) is 0 Å². The lowest BCUT2D eigenvalue weighted by Crippen LogP contribution is -2.49. The first kappa shape index (κ1) is 28.4. The Kier molecular flexibility index (Phi) is 9.80. The lowest BCUT2D eigenvalue weighted by Gasteiger charge is -2.25. The van der Waals surface area contributed by atoms with Crippen molar-refractivity contribution in [2.45, 2.75) is 32.0 Å². The van der Waals surface area contributed by atoms with Crippen LogP contribution in [0.15, 0.2) is 65.1 Å². The van der Waals surface area contributed by atoms with Crippen LogP contribution in [0.25, 0.3) is 0 Å². The lowest BCUT2D eigenvalue weighted by molar-refractivity contribution is 0.0784. The van der Waals surface area contributed by atoms with Gasteiger partial charge in [0.15, 0.2) is 0 Å². The molecule has 2 amide bonds. The normalized spacial score (nSPS) is 16.2. The van der Waals surface area contributed by atoms with E-state index in [0.717, 1.165) is 22.8 Å². The molecule has 3 N–H and O–H groups in total. The summed E-state index contributed by atoms with van der Waals surface area (Å²) in [4.78, 5) is 32.4. The minimum Gasteiger partial charge on any atom is -0.390 e. The topological polar surface area (TPSA) is 110 Å². The third-order valence-corrected chi connectivity index (χ3v) is 7.52. The molecule has 206 valence electrons. The number of hydrogen-bond donors (Lipinski definition) is 3. The minimum absolute atomic E-state index is 0.191. The zero-order chi connectivity index (χ0) is 27.8. The minimum atomic E-state index is -0.817. The molecule has 0 aliphatic carbocycles. The zero-order valence-electron chi connectivity index (χ0n) is 22.6. The molecule has 0 radical (unpaired) electrons. The smallest absolute Gasteiger partial charge is 0.253 e. The maximum Gasteiger partial charge on any atom is 0.253 e. The molecule has 0 saturated carbocycles. The van der Waals surface area contributed by atoms with Gasteiger partial charge in [-0.1, -0.05) is 36.4 Å². The van der Waals surface area contributed by atoms with Crippen LogP contribution >= 0.6 is 11.3 Å². The van der Waals surface area contributed by atoms with Crippen LogP contribution in [0.2, 0.25) is 0 Å². The Morgan fingerprint density at radius 1 is 1.18 bits per heavy atom. The van der Waals surface area contributed by atoms with Crippen LogP contribution in [0, 0.1) is 12.8 Å². The highest BCUT2D eigenvalue weighted by Gasteiger charge is 2.24. The van der Waals surface area contributed by atoms with Gasteiger partial charge in [-0.15, -0.1) is 11.3 Å². The maximum atomic E-state index is 13.3. The van der Waals surface area contributed by atoms with Crippen LogP contribution in [0.4, 0.5) is 0 Å². The zero-order valence-corrected chi connectivity index (χ0v) is 23.4. The molecular weight excluding hydrogens is 512 g/mol. The third kappa shape index (κ3) is 8.19. The van der Waals surface area contributed by atoms with Crippen molar-refractivity contribution < 1.29 is 14.7 Å². The van der Waals surface area contributed by atoms with Crippen molar-refractivity contribution >= 4 is 29.4 Å². The van der Waals surface area contributed by atoms with E-state index in [9.17, 15) is 14.7 Å². The Balaban J connectivity index is 1.40. The van der Waals surface area contributed by atoms with E-state index in [1.54, 1.807) is 36.2 Å². The van der Waals surface area contributed by atoms with Crippen LogP contribution in [-0.4, -0.2) is 83.9 Å². The molecule has 0 bridgehead atoms. The van der Waals surface area contributed by atoms with E-state index in [1.807, 2.05) is 60.9 Å². The number of carbonyl (C=O) groups is 2. The first-order chi connectivity index (χ1) is 18.8. The molecule has 39 heavy (non-hydrogen) atoms. The van der Waals surface area contributed by atoms with E-state index in [0.29, 0.717) is 37.2 Å². The van der Waals surface area contributed by atoms with Crippen LogP contribution in [0.3, 0.4) is 0 Å². The molecule has 9 nitrogen and oxygen atoms in total. The molecule has 1 aliphatic rings. The lowest BCUT2D eigenvalue weighted by atomic mass is 10.00. The summed E-state index contributed by atoms with van der Waals surface area (Å²) >= 11 is 1.51. The largest absolute Gasteiger partial charge is 0.390 e. The second kappa shape index (κ2) is 13.5. The molecule has 2 aromatic carbocycles. The number of aryl methyl sites for hydroxylation is 1. The van der Waals surface area contributed by atoms with E-state index < -0.39 is 12.1 Å². The number of aromatic nitrogens is 1. The second-order valence-corrected chi connectivity index (χ2v) is 10.9. The van der Waals surface area contributed by atoms with E-state index in [4.69, 9.17) is 0 Å². The highest BCUT2D eigenvalue weighted by molar-refractivity contribution is 7.09. The summed E-state index contributed by atoms with van der Waals surface area (Å²) in [5, 5.41) is 26.3. The van der Waals surface area contributed by atoms with Crippen LogP contribution < -0.4 is 10.6 Å². The Morgan fingerprint density at radius 3 is 2.64 bits per heavy atom. The standard InChI is InChI=1S/C29H36N6O3S/c1-20-19-39-27(32-20)18-34(2)29(38)24-11-7-10-23(13-24)28(37)33-25(12-21-8-5-4-6-9-21)26(36)16-30-14-22-15-31-35(3)17-22/h4-11,13,15,19,22,25-26,30,36H,12,14,16-18H2,1-3H3,(H,33,37)/t22?,25-,26+/m0/s1. The van der Waals surface area contributed by atoms with Gasteiger partial charge in [0.1, 0.15) is 5.01 Å². The van der Waals surface area contributed by atoms with E-state index in [2.05, 4.69) is 20.7 Å². The average molecular weight is 549 g/mol. The number of nitrogens with one attached hydrogen (secondary N) is 2. The maximum absolute atomic E-state index is 13.3. The number of hydrazone groups is 1. The Labute approximate surface area is 233 Å². The van der Waals surface area contributed by atoms with Gasteiger partial charge in [-0.2, -0.15) is 5.10 Å². The van der Waals surface area contributed by atoms with Gasteiger partial charge >= 0.3 is 0 Å². The van der Waals surface area contributed by atoms with Crippen molar-refractivity contribution in [3.63, 3.8) is 0 Å². The van der Waals surface area contributed by atoms with Crippen LogP contribution in [0.1, 0.15) is 37.0 Å². The van der Waals surface area contributed by atoms with Crippen molar-refractivity contribution in [3.05, 3.63) is 87.4 Å². The number of carbonyl (C=O) groups excluding carboxylic acids is 2. The van der Waals surface area contributed by atoms with E-state index >= 15 is 0 Å². The van der Waals surface area contributed by atoms with Gasteiger partial charge < -0.3 is 20.6 Å². The molecule has 1 unspecified atom stereocenters. The molecule has 2 heterocycles. The third-order valence-electron chi connectivity index (χ3n) is 6.57. The fourth-order valence-electron chi connectivity index (χ4n) is 4.48. The van der Waals surface area contributed by atoms with Gasteiger partial charge in [0.05, 0.1) is 18.7 Å². The van der Waals surface area contributed by atoms with Gasteiger partial charge in [0, 0.05) is 68.1 Å². The van der Waals surface area contributed by atoms with E-state index in [1.165, 1.54) is 11.3 Å². The number of aliphatic hydroxyl groups is 1.